The molecule has 1 fully saturated rings. The van der Waals surface area contributed by atoms with Crippen molar-refractivity contribution in [1.82, 2.24) is 20.1 Å². The third kappa shape index (κ3) is 6.37. The van der Waals surface area contributed by atoms with E-state index in [1.54, 1.807) is 67.0 Å². The highest BCUT2D eigenvalue weighted by atomic mass is 35.5. The standard InChI is InChI=1S/C24H27ClN8O5/c25-18-4-2-16(3-5-18)13-31-22(33(26)24(36)32(23(31)35)14-17(15-34)12-29-37)30-19-6-8-20(9-7-19)38-21-27-10-1-11-28-21/h1-11,17,21-22,27,30,34H,12-15,26H2. The molecule has 0 aliphatic carbocycles. The van der Waals surface area contributed by atoms with Crippen molar-refractivity contribution in [1.29, 1.82) is 0 Å². The lowest BCUT2D eigenvalue weighted by Crippen LogP contribution is -2.70. The molecule has 1 saturated heterocycles. The van der Waals surface area contributed by atoms with Crippen molar-refractivity contribution >= 4 is 35.6 Å². The fraction of sp³-hybridized carbons (Fsp3) is 0.292. The summed E-state index contributed by atoms with van der Waals surface area (Å²) >= 11 is 6.00. The Labute approximate surface area is 223 Å². The van der Waals surface area contributed by atoms with Crippen molar-refractivity contribution in [3.63, 3.8) is 0 Å². The van der Waals surface area contributed by atoms with Crippen molar-refractivity contribution in [2.75, 3.05) is 25.0 Å². The zero-order valence-corrected chi connectivity index (χ0v) is 20.9. The maximum Gasteiger partial charge on any atom is 0.345 e. The Balaban J connectivity index is 1.55. The number of nitrogens with zero attached hydrogens (tertiary/aromatic N) is 5. The van der Waals surface area contributed by atoms with Crippen LogP contribution in [0.3, 0.4) is 0 Å². The molecule has 5 N–H and O–H groups in total. The van der Waals surface area contributed by atoms with E-state index in [0.717, 1.165) is 15.5 Å². The van der Waals surface area contributed by atoms with Crippen LogP contribution in [0.2, 0.25) is 5.02 Å². The van der Waals surface area contributed by atoms with Gasteiger partial charge in [-0.2, -0.15) is 4.91 Å². The highest BCUT2D eigenvalue weighted by Crippen LogP contribution is 2.25. The lowest BCUT2D eigenvalue weighted by atomic mass is 10.1. The molecular formula is C24H27ClN8O5. The zero-order chi connectivity index (χ0) is 27.1. The van der Waals surface area contributed by atoms with Crippen LogP contribution in [0.25, 0.3) is 0 Å². The van der Waals surface area contributed by atoms with Crippen LogP contribution in [0.5, 0.6) is 5.75 Å². The number of allylic oxidation sites excluding steroid dienone is 1. The maximum atomic E-state index is 13.5. The Morgan fingerprint density at radius 2 is 1.89 bits per heavy atom. The predicted octanol–water partition coefficient (Wildman–Crippen LogP) is 2.49. The molecule has 2 aliphatic rings. The van der Waals surface area contributed by atoms with E-state index in [2.05, 4.69) is 20.8 Å². The number of imide groups is 1. The predicted molar refractivity (Wildman–Crippen MR) is 141 cm³/mol. The van der Waals surface area contributed by atoms with E-state index < -0.39 is 37.2 Å². The van der Waals surface area contributed by atoms with Gasteiger partial charge in [0.15, 0.2) is 0 Å². The Hall–Kier alpha value is -4.20. The van der Waals surface area contributed by atoms with Gasteiger partial charge in [0.1, 0.15) is 5.75 Å². The average Bonchev–Trinajstić information content (AvgIpc) is 2.93. The second-order valence-corrected chi connectivity index (χ2v) is 8.97. The van der Waals surface area contributed by atoms with Gasteiger partial charge in [0.2, 0.25) is 6.29 Å². The van der Waals surface area contributed by atoms with Gasteiger partial charge in [-0.3, -0.25) is 4.90 Å². The summed E-state index contributed by atoms with van der Waals surface area (Å²) in [5.41, 5.74) is 1.30. The largest absolute Gasteiger partial charge is 0.451 e. The molecule has 0 radical (unpaired) electrons. The molecule has 200 valence electrons. The minimum absolute atomic E-state index is 0.0843. The van der Waals surface area contributed by atoms with E-state index >= 15 is 0 Å². The minimum Gasteiger partial charge on any atom is -0.451 e. The van der Waals surface area contributed by atoms with E-state index in [0.29, 0.717) is 16.5 Å². The summed E-state index contributed by atoms with van der Waals surface area (Å²) in [6.07, 6.45) is 3.49. The molecular weight excluding hydrogens is 516 g/mol. The lowest BCUT2D eigenvalue weighted by Gasteiger charge is -2.46. The number of hydrogen-bond donors (Lipinski definition) is 4. The molecule has 0 saturated carbocycles. The van der Waals surface area contributed by atoms with E-state index in [4.69, 9.17) is 22.2 Å². The van der Waals surface area contributed by atoms with Crippen molar-refractivity contribution in [3.05, 3.63) is 76.3 Å². The molecule has 2 aliphatic heterocycles. The minimum atomic E-state index is -1.06. The normalized spacial score (nSPS) is 19.8. The molecule has 3 atom stereocenters. The second-order valence-electron chi connectivity index (χ2n) is 8.53. The zero-order valence-electron chi connectivity index (χ0n) is 20.2. The third-order valence-electron chi connectivity index (χ3n) is 5.83. The number of aliphatic hydroxyl groups is 1. The Bertz CT molecular complexity index is 1190. The first-order valence-corrected chi connectivity index (χ1v) is 12.1. The Morgan fingerprint density at radius 3 is 2.53 bits per heavy atom. The second kappa shape index (κ2) is 12.4. The molecule has 0 spiro atoms. The van der Waals surface area contributed by atoms with Crippen LogP contribution in [-0.2, 0) is 6.54 Å². The first kappa shape index (κ1) is 26.9. The molecule has 3 unspecified atom stereocenters. The molecule has 2 heterocycles. The number of hydrogen-bond acceptors (Lipinski definition) is 10. The van der Waals surface area contributed by atoms with Gasteiger partial charge in [-0.1, -0.05) is 28.9 Å². The van der Waals surface area contributed by atoms with Crippen LogP contribution >= 0.6 is 11.6 Å². The lowest BCUT2D eigenvalue weighted by molar-refractivity contribution is 0.0319. The fourth-order valence-electron chi connectivity index (χ4n) is 3.84. The van der Waals surface area contributed by atoms with Crippen molar-refractivity contribution in [2.45, 2.75) is 19.2 Å². The van der Waals surface area contributed by atoms with Gasteiger partial charge >= 0.3 is 12.1 Å². The fourth-order valence-corrected chi connectivity index (χ4v) is 3.97. The van der Waals surface area contributed by atoms with Gasteiger partial charge in [-0.25, -0.2) is 30.3 Å². The molecule has 4 rings (SSSR count). The highest BCUT2D eigenvalue weighted by Gasteiger charge is 2.44. The summed E-state index contributed by atoms with van der Waals surface area (Å²) in [6, 6.07) is 12.3. The quantitative estimate of drug-likeness (QED) is 0.191. The highest BCUT2D eigenvalue weighted by molar-refractivity contribution is 6.30. The van der Waals surface area contributed by atoms with Gasteiger partial charge in [-0.15, -0.1) is 0 Å². The SMILES string of the molecule is NN1C(=O)N(CC(CO)CN=O)C(=O)N(Cc2ccc(Cl)cc2)C1Nc1ccc(OC2N=CC=CN2)cc1. The van der Waals surface area contributed by atoms with E-state index in [1.165, 1.54) is 4.90 Å². The van der Waals surface area contributed by atoms with E-state index in [-0.39, 0.29) is 19.6 Å². The molecule has 13 nitrogen and oxygen atoms in total. The smallest absolute Gasteiger partial charge is 0.345 e. The number of rotatable bonds is 11. The molecule has 2 aromatic carbocycles. The third-order valence-corrected chi connectivity index (χ3v) is 6.08. The number of aliphatic hydroxyl groups excluding tert-OH is 1. The van der Waals surface area contributed by atoms with Gasteiger partial charge in [0, 0.05) is 42.2 Å². The van der Waals surface area contributed by atoms with Crippen LogP contribution in [0, 0.1) is 10.8 Å². The van der Waals surface area contributed by atoms with Gasteiger partial charge in [0.25, 0.3) is 6.35 Å². The van der Waals surface area contributed by atoms with Crippen LogP contribution in [0.1, 0.15) is 5.56 Å². The summed E-state index contributed by atoms with van der Waals surface area (Å²) in [6.45, 7) is -0.834. The number of amides is 4. The number of benzene rings is 2. The van der Waals surface area contributed by atoms with Crippen LogP contribution < -0.4 is 21.2 Å². The number of urea groups is 2. The number of nitrogens with one attached hydrogen (secondary N) is 2. The van der Waals surface area contributed by atoms with Crippen molar-refractivity contribution < 1.29 is 19.4 Å². The van der Waals surface area contributed by atoms with Gasteiger partial charge in [-0.05, 0) is 48.0 Å². The number of anilines is 1. The monoisotopic (exact) mass is 542 g/mol. The van der Waals surface area contributed by atoms with Crippen LogP contribution in [-0.4, -0.2) is 70.5 Å². The number of carbonyl (C=O) groups excluding carboxylic acids is 2. The van der Waals surface area contributed by atoms with Crippen LogP contribution in [0.15, 0.2) is 71.0 Å². The number of aliphatic imine (C=N–C) groups is 1. The number of carbonyl (C=O) groups is 2. The molecule has 0 aromatic heterocycles. The number of hydrazine groups is 1. The summed E-state index contributed by atoms with van der Waals surface area (Å²) in [5, 5.41) is 19.8. The van der Waals surface area contributed by atoms with Crippen molar-refractivity contribution in [2.24, 2.45) is 21.9 Å². The Kier molecular flexibility index (Phi) is 8.73. The summed E-state index contributed by atoms with van der Waals surface area (Å²) in [5.74, 6) is 6.02. The number of halogens is 1. The molecule has 2 aromatic rings. The number of nitrogens with two attached hydrogens (primary N) is 1. The molecule has 4 amide bonds. The first-order valence-electron chi connectivity index (χ1n) is 11.7. The van der Waals surface area contributed by atoms with E-state index in [9.17, 15) is 19.6 Å². The number of ether oxygens (including phenoxy) is 1. The topological polar surface area (TPSA) is 165 Å². The van der Waals surface area contributed by atoms with E-state index in [1.807, 2.05) is 0 Å². The average molecular weight is 543 g/mol. The first-order chi connectivity index (χ1) is 18.4. The summed E-state index contributed by atoms with van der Waals surface area (Å²) in [7, 11) is 0. The van der Waals surface area contributed by atoms with Crippen molar-refractivity contribution in [3.8, 4) is 5.75 Å². The molecule has 38 heavy (non-hydrogen) atoms. The molecule has 14 heteroatoms. The summed E-state index contributed by atoms with van der Waals surface area (Å²) < 4.78 is 5.74. The summed E-state index contributed by atoms with van der Waals surface area (Å²) in [4.78, 5) is 43.8. The molecule has 0 bridgehead atoms. The van der Waals surface area contributed by atoms with Crippen LogP contribution in [0.4, 0.5) is 15.3 Å². The maximum absolute atomic E-state index is 13.5. The Morgan fingerprint density at radius 1 is 1.16 bits per heavy atom. The van der Waals surface area contributed by atoms with Gasteiger partial charge < -0.3 is 20.5 Å². The number of nitroso groups, excluding NO2 is 1. The van der Waals surface area contributed by atoms with Gasteiger partial charge in [0.05, 0.1) is 13.1 Å².